The molecule has 1 unspecified atom stereocenters. The molecule has 1 atom stereocenters. The summed E-state index contributed by atoms with van der Waals surface area (Å²) in [5.41, 5.74) is 5.68. The van der Waals surface area contributed by atoms with Gasteiger partial charge in [-0.15, -0.1) is 0 Å². The quantitative estimate of drug-likeness (QED) is 0.735. The minimum Gasteiger partial charge on any atom is -0.356 e. The van der Waals surface area contributed by atoms with E-state index < -0.39 is 0 Å². The lowest BCUT2D eigenvalue weighted by atomic mass is 9.94. The second-order valence-electron chi connectivity index (χ2n) is 5.27. The fourth-order valence-corrected chi connectivity index (χ4v) is 2.01. The van der Waals surface area contributed by atoms with Crippen molar-refractivity contribution in [2.75, 3.05) is 13.1 Å². The van der Waals surface area contributed by atoms with Crippen molar-refractivity contribution in [1.82, 2.24) is 15.5 Å². The highest BCUT2D eigenvalue weighted by Crippen LogP contribution is 2.13. The molecule has 6 nitrogen and oxygen atoms in total. The fourth-order valence-electron chi connectivity index (χ4n) is 2.01. The molecule has 1 amide bonds. The monoisotopic (exact) mass is 268 g/mol. The van der Waals surface area contributed by atoms with Crippen LogP contribution in [0.3, 0.4) is 0 Å². The van der Waals surface area contributed by atoms with Crippen LogP contribution in [0, 0.1) is 18.8 Å². The molecule has 0 radical (unpaired) electrons. The van der Waals surface area contributed by atoms with Crippen molar-refractivity contribution in [2.45, 2.75) is 40.0 Å². The van der Waals surface area contributed by atoms with E-state index in [1.165, 1.54) is 0 Å². The standard InChI is InChI=1S/C13H24N4O2/c1-9(2)6-11(8-14)7-12(18)15-5-4-13-16-10(3)17-19-13/h9,11H,4-8,14H2,1-3H3,(H,15,18). The van der Waals surface area contributed by atoms with Crippen LogP contribution in [-0.2, 0) is 11.2 Å². The van der Waals surface area contributed by atoms with E-state index in [4.69, 9.17) is 10.3 Å². The van der Waals surface area contributed by atoms with Gasteiger partial charge in [-0.25, -0.2) is 0 Å². The Labute approximate surface area is 114 Å². The Morgan fingerprint density at radius 2 is 2.21 bits per heavy atom. The molecule has 6 heteroatoms. The molecule has 3 N–H and O–H groups in total. The van der Waals surface area contributed by atoms with Gasteiger partial charge in [-0.05, 0) is 31.7 Å². The van der Waals surface area contributed by atoms with E-state index in [1.54, 1.807) is 6.92 Å². The van der Waals surface area contributed by atoms with Crippen LogP contribution in [-0.4, -0.2) is 29.1 Å². The summed E-state index contributed by atoms with van der Waals surface area (Å²) >= 11 is 0. The third-order valence-corrected chi connectivity index (χ3v) is 2.84. The number of carbonyl (C=O) groups excluding carboxylic acids is 1. The summed E-state index contributed by atoms with van der Waals surface area (Å²) < 4.78 is 4.97. The van der Waals surface area contributed by atoms with Gasteiger partial charge < -0.3 is 15.6 Å². The third kappa shape index (κ3) is 6.33. The smallest absolute Gasteiger partial charge is 0.228 e. The number of amides is 1. The maximum absolute atomic E-state index is 11.8. The van der Waals surface area contributed by atoms with Crippen molar-refractivity contribution in [1.29, 1.82) is 0 Å². The third-order valence-electron chi connectivity index (χ3n) is 2.84. The van der Waals surface area contributed by atoms with Gasteiger partial charge in [0.2, 0.25) is 11.8 Å². The molecule has 1 heterocycles. The molecule has 1 rings (SSSR count). The Balaban J connectivity index is 2.23. The van der Waals surface area contributed by atoms with Crippen LogP contribution in [0.15, 0.2) is 4.52 Å². The molecular formula is C13H24N4O2. The van der Waals surface area contributed by atoms with Gasteiger partial charge in [-0.1, -0.05) is 19.0 Å². The molecule has 0 aliphatic carbocycles. The van der Waals surface area contributed by atoms with Crippen LogP contribution in [0.2, 0.25) is 0 Å². The van der Waals surface area contributed by atoms with Gasteiger partial charge in [0.15, 0.2) is 5.82 Å². The number of carbonyl (C=O) groups is 1. The minimum atomic E-state index is 0.0346. The number of aryl methyl sites for hydroxylation is 1. The molecule has 0 spiro atoms. The Morgan fingerprint density at radius 3 is 2.74 bits per heavy atom. The van der Waals surface area contributed by atoms with E-state index in [9.17, 15) is 4.79 Å². The number of rotatable bonds is 8. The topological polar surface area (TPSA) is 94.0 Å². The highest BCUT2D eigenvalue weighted by atomic mass is 16.5. The summed E-state index contributed by atoms with van der Waals surface area (Å²) in [7, 11) is 0. The van der Waals surface area contributed by atoms with Crippen molar-refractivity contribution in [3.63, 3.8) is 0 Å². The van der Waals surface area contributed by atoms with Crippen LogP contribution >= 0.6 is 0 Å². The maximum atomic E-state index is 11.8. The molecule has 0 aromatic carbocycles. The number of nitrogens with two attached hydrogens (primary N) is 1. The first-order valence-corrected chi connectivity index (χ1v) is 6.77. The van der Waals surface area contributed by atoms with Crippen molar-refractivity contribution in [3.8, 4) is 0 Å². The van der Waals surface area contributed by atoms with E-state index in [1.807, 2.05) is 0 Å². The number of nitrogens with one attached hydrogen (secondary N) is 1. The highest BCUT2D eigenvalue weighted by molar-refractivity contribution is 5.76. The lowest BCUT2D eigenvalue weighted by Crippen LogP contribution is -2.30. The van der Waals surface area contributed by atoms with Crippen molar-refractivity contribution in [3.05, 3.63) is 11.7 Å². The maximum Gasteiger partial charge on any atom is 0.228 e. The molecule has 0 saturated heterocycles. The van der Waals surface area contributed by atoms with E-state index in [0.29, 0.717) is 43.6 Å². The summed E-state index contributed by atoms with van der Waals surface area (Å²) in [5.74, 6) is 2.01. The molecule has 108 valence electrons. The van der Waals surface area contributed by atoms with Gasteiger partial charge in [0.05, 0.1) is 0 Å². The largest absolute Gasteiger partial charge is 0.356 e. The molecule has 0 fully saturated rings. The lowest BCUT2D eigenvalue weighted by molar-refractivity contribution is -0.122. The number of nitrogens with zero attached hydrogens (tertiary/aromatic N) is 2. The second kappa shape index (κ2) is 7.89. The molecule has 1 aromatic heterocycles. The minimum absolute atomic E-state index is 0.0346. The summed E-state index contributed by atoms with van der Waals surface area (Å²) in [6.45, 7) is 7.11. The highest BCUT2D eigenvalue weighted by Gasteiger charge is 2.14. The van der Waals surface area contributed by atoms with Crippen LogP contribution < -0.4 is 11.1 Å². The average molecular weight is 268 g/mol. The summed E-state index contributed by atoms with van der Waals surface area (Å²) in [6, 6.07) is 0. The van der Waals surface area contributed by atoms with E-state index in [0.717, 1.165) is 6.42 Å². The molecule has 0 saturated carbocycles. The van der Waals surface area contributed by atoms with Crippen molar-refractivity contribution in [2.24, 2.45) is 17.6 Å². The Morgan fingerprint density at radius 1 is 1.47 bits per heavy atom. The average Bonchev–Trinajstić information content (AvgIpc) is 2.73. The fraction of sp³-hybridized carbons (Fsp3) is 0.769. The number of hydrogen-bond acceptors (Lipinski definition) is 5. The van der Waals surface area contributed by atoms with Gasteiger partial charge in [0.25, 0.3) is 0 Å². The Kier molecular flexibility index (Phi) is 6.49. The zero-order valence-corrected chi connectivity index (χ0v) is 12.0. The molecule has 1 aromatic rings. The first kappa shape index (κ1) is 15.6. The van der Waals surface area contributed by atoms with Gasteiger partial charge in [-0.3, -0.25) is 4.79 Å². The number of hydrogen-bond donors (Lipinski definition) is 2. The Bertz CT molecular complexity index is 390. The van der Waals surface area contributed by atoms with Crippen LogP contribution in [0.25, 0.3) is 0 Å². The zero-order chi connectivity index (χ0) is 14.3. The molecule has 0 bridgehead atoms. The molecule has 0 aliphatic heterocycles. The van der Waals surface area contributed by atoms with Crippen LogP contribution in [0.1, 0.15) is 38.4 Å². The van der Waals surface area contributed by atoms with Crippen molar-refractivity contribution < 1.29 is 9.32 Å². The lowest BCUT2D eigenvalue weighted by Gasteiger charge is -2.16. The predicted molar refractivity (Wildman–Crippen MR) is 72.4 cm³/mol. The summed E-state index contributed by atoms with van der Waals surface area (Å²) in [5, 5.41) is 6.55. The second-order valence-corrected chi connectivity index (χ2v) is 5.27. The first-order chi connectivity index (χ1) is 9.01. The van der Waals surface area contributed by atoms with E-state index in [2.05, 4.69) is 29.3 Å². The molecule has 0 aliphatic rings. The number of aromatic nitrogens is 2. The summed E-state index contributed by atoms with van der Waals surface area (Å²) in [4.78, 5) is 15.8. The van der Waals surface area contributed by atoms with Crippen LogP contribution in [0.4, 0.5) is 0 Å². The van der Waals surface area contributed by atoms with E-state index in [-0.39, 0.29) is 11.8 Å². The molecule has 19 heavy (non-hydrogen) atoms. The van der Waals surface area contributed by atoms with Crippen molar-refractivity contribution >= 4 is 5.91 Å². The van der Waals surface area contributed by atoms with E-state index >= 15 is 0 Å². The van der Waals surface area contributed by atoms with Gasteiger partial charge >= 0.3 is 0 Å². The molecular weight excluding hydrogens is 244 g/mol. The first-order valence-electron chi connectivity index (χ1n) is 6.77. The normalized spacial score (nSPS) is 12.7. The SMILES string of the molecule is Cc1noc(CCNC(=O)CC(CN)CC(C)C)n1. The van der Waals surface area contributed by atoms with Crippen LogP contribution in [0.5, 0.6) is 0 Å². The predicted octanol–water partition coefficient (Wildman–Crippen LogP) is 1.05. The Hall–Kier alpha value is -1.43. The zero-order valence-electron chi connectivity index (χ0n) is 12.0. The summed E-state index contributed by atoms with van der Waals surface area (Å²) in [6.07, 6.45) is 2.02. The van der Waals surface area contributed by atoms with Gasteiger partial charge in [0, 0.05) is 19.4 Å². The van der Waals surface area contributed by atoms with Gasteiger partial charge in [-0.2, -0.15) is 4.98 Å². The van der Waals surface area contributed by atoms with Gasteiger partial charge in [0.1, 0.15) is 0 Å².